The highest BCUT2D eigenvalue weighted by molar-refractivity contribution is 5.22. The maximum absolute atomic E-state index is 11.0. The van der Waals surface area contributed by atoms with Crippen molar-refractivity contribution in [2.75, 3.05) is 19.8 Å². The topological polar surface area (TPSA) is 334 Å². The predicted octanol–water partition coefficient (Wildman–Crippen LogP) is -9.35. The van der Waals surface area contributed by atoms with Crippen molar-refractivity contribution < 1.29 is 94.8 Å². The summed E-state index contributed by atoms with van der Waals surface area (Å²) < 4.78 is 32.9. The number of epoxide rings is 1. The predicted molar refractivity (Wildman–Crippen MR) is 137 cm³/mol. The van der Waals surface area contributed by atoms with Gasteiger partial charge in [0.1, 0.15) is 91.1 Å². The lowest BCUT2D eigenvalue weighted by molar-refractivity contribution is -0.374. The lowest BCUT2D eigenvalue weighted by Gasteiger charge is -2.48. The summed E-state index contributed by atoms with van der Waals surface area (Å²) in [5, 5.41) is 137. The molecule has 0 radical (unpaired) electrons. The van der Waals surface area contributed by atoms with E-state index in [1.165, 1.54) is 6.92 Å². The van der Waals surface area contributed by atoms with Crippen LogP contribution in [-0.4, -0.2) is 214 Å². The second kappa shape index (κ2) is 13.6. The van der Waals surface area contributed by atoms with Gasteiger partial charge in [-0.1, -0.05) is 0 Å². The molecule has 0 aromatic heterocycles. The fourth-order valence-electron chi connectivity index (χ4n) is 6.57. The molecule has 21 atom stereocenters. The van der Waals surface area contributed by atoms with E-state index in [-0.39, 0.29) is 0 Å². The molecule has 0 spiro atoms. The van der Waals surface area contributed by atoms with E-state index in [0.717, 1.165) is 0 Å². The summed E-state index contributed by atoms with van der Waals surface area (Å²) in [6, 6.07) is -2.22. The molecule has 20 nitrogen and oxygen atoms in total. The molecule has 4 aliphatic heterocycles. The van der Waals surface area contributed by atoms with Gasteiger partial charge in [0, 0.05) is 0 Å². The van der Waals surface area contributed by atoms with Gasteiger partial charge in [-0.05, 0) is 6.92 Å². The number of aliphatic hydroxyl groups excluding tert-OH is 13. The third-order valence-electron chi connectivity index (χ3n) is 9.36. The average Bonchev–Trinajstić information content (AvgIpc) is 3.77. The number of rotatable bonds is 9. The maximum atomic E-state index is 11.0. The number of hydrogen-bond donors (Lipinski definition) is 14. The van der Waals surface area contributed by atoms with Crippen LogP contribution in [0.3, 0.4) is 0 Å². The van der Waals surface area contributed by atoms with Crippen LogP contribution < -0.4 is 5.32 Å². The summed E-state index contributed by atoms with van der Waals surface area (Å²) in [6.07, 6.45) is -29.1. The van der Waals surface area contributed by atoms with E-state index >= 15 is 0 Å². The molecular formula is C25H43NO19. The summed E-state index contributed by atoms with van der Waals surface area (Å²) in [7, 11) is 0. The molecule has 0 aromatic rings. The number of fused-ring (bicyclic) bond motifs is 1. The van der Waals surface area contributed by atoms with Crippen molar-refractivity contribution in [3.8, 4) is 0 Å². The van der Waals surface area contributed by atoms with Gasteiger partial charge in [-0.2, -0.15) is 0 Å². The fraction of sp³-hybridized carbons (Fsp3) is 1.00. The van der Waals surface area contributed by atoms with Crippen LogP contribution in [0, 0.1) is 0 Å². The molecule has 20 heteroatoms. The maximum Gasteiger partial charge on any atom is 0.187 e. The fourth-order valence-corrected chi connectivity index (χ4v) is 6.57. The summed E-state index contributed by atoms with van der Waals surface area (Å²) in [4.78, 5) is 0. The first kappa shape index (κ1) is 35.5. The average molecular weight is 662 g/mol. The van der Waals surface area contributed by atoms with Gasteiger partial charge in [0.2, 0.25) is 0 Å². The summed E-state index contributed by atoms with van der Waals surface area (Å²) in [5.41, 5.74) is -1.52. The van der Waals surface area contributed by atoms with Crippen LogP contribution in [0.2, 0.25) is 0 Å². The second-order valence-corrected chi connectivity index (χ2v) is 12.1. The molecule has 0 amide bonds. The van der Waals surface area contributed by atoms with E-state index < -0.39 is 148 Å². The third-order valence-corrected chi connectivity index (χ3v) is 9.36. The Labute approximate surface area is 255 Å². The van der Waals surface area contributed by atoms with Gasteiger partial charge >= 0.3 is 0 Å². The Morgan fingerprint density at radius 3 is 1.69 bits per heavy atom. The molecule has 262 valence electrons. The van der Waals surface area contributed by atoms with Crippen LogP contribution in [0.4, 0.5) is 0 Å². The molecule has 0 bridgehead atoms. The van der Waals surface area contributed by atoms with Crippen LogP contribution in [0.5, 0.6) is 0 Å². The lowest BCUT2D eigenvalue weighted by Crippen LogP contribution is -2.70. The first-order valence-corrected chi connectivity index (χ1v) is 14.6. The molecule has 5 aliphatic rings. The molecule has 45 heavy (non-hydrogen) atoms. The van der Waals surface area contributed by atoms with Gasteiger partial charge in [0.05, 0.1) is 38.0 Å². The molecule has 14 N–H and O–H groups in total. The Balaban J connectivity index is 1.23. The van der Waals surface area contributed by atoms with Gasteiger partial charge in [-0.3, -0.25) is 0 Å². The lowest BCUT2D eigenvalue weighted by atomic mass is 9.79. The van der Waals surface area contributed by atoms with Crippen molar-refractivity contribution in [3.63, 3.8) is 0 Å². The van der Waals surface area contributed by atoms with Gasteiger partial charge in [-0.15, -0.1) is 0 Å². The largest absolute Gasteiger partial charge is 0.394 e. The molecule has 4 heterocycles. The minimum absolute atomic E-state index is 0.656. The highest BCUT2D eigenvalue weighted by Gasteiger charge is 2.72. The first-order chi connectivity index (χ1) is 21.2. The summed E-state index contributed by atoms with van der Waals surface area (Å²) >= 11 is 0. The van der Waals surface area contributed by atoms with Gasteiger partial charge in [0.25, 0.3) is 0 Å². The van der Waals surface area contributed by atoms with Gasteiger partial charge < -0.3 is 100 Å². The van der Waals surface area contributed by atoms with E-state index in [2.05, 4.69) is 5.32 Å². The molecule has 21 unspecified atom stereocenters. The zero-order valence-corrected chi connectivity index (χ0v) is 23.9. The zero-order valence-electron chi connectivity index (χ0n) is 23.9. The van der Waals surface area contributed by atoms with Crippen molar-refractivity contribution in [2.45, 2.75) is 135 Å². The SMILES string of the molecule is CC1OC(OC2C(CO)OC(OC3C(CO)OC(O)C(O)C3O)C(O)C2O)C(O)C(O)C1NC1C(O)C(O)C(O)C2(CO)OC12. The number of ether oxygens (including phenoxy) is 6. The molecule has 1 saturated carbocycles. The number of aliphatic hydroxyl groups is 13. The molecular weight excluding hydrogens is 618 g/mol. The van der Waals surface area contributed by atoms with E-state index in [9.17, 15) is 66.4 Å². The van der Waals surface area contributed by atoms with E-state index in [1.54, 1.807) is 0 Å². The molecule has 5 fully saturated rings. The van der Waals surface area contributed by atoms with Crippen molar-refractivity contribution in [2.24, 2.45) is 0 Å². The third kappa shape index (κ3) is 6.15. The van der Waals surface area contributed by atoms with E-state index in [0.29, 0.717) is 0 Å². The Kier molecular flexibility index (Phi) is 10.7. The number of nitrogens with one attached hydrogen (secondary N) is 1. The first-order valence-electron chi connectivity index (χ1n) is 14.6. The minimum Gasteiger partial charge on any atom is -0.394 e. The van der Waals surface area contributed by atoms with Gasteiger partial charge in [0.15, 0.2) is 18.9 Å². The smallest absolute Gasteiger partial charge is 0.187 e. The van der Waals surface area contributed by atoms with E-state index in [4.69, 9.17) is 28.4 Å². The number of hydrogen-bond acceptors (Lipinski definition) is 20. The monoisotopic (exact) mass is 661 g/mol. The molecule has 4 saturated heterocycles. The summed E-state index contributed by atoms with van der Waals surface area (Å²) in [5.74, 6) is 0. The van der Waals surface area contributed by atoms with Crippen molar-refractivity contribution in [1.82, 2.24) is 5.32 Å². The van der Waals surface area contributed by atoms with Crippen molar-refractivity contribution in [3.05, 3.63) is 0 Å². The van der Waals surface area contributed by atoms with Crippen LogP contribution in [0.25, 0.3) is 0 Å². The standard InChI is InChI=1S/C25H43NO19/c1-5-8(26-9-11(31)14(34)20(38)25(4-29)21(9)45-25)10(30)16(36)23(40-5)43-19-7(3-28)42-24(17(37)13(19)33)44-18-6(2-27)41-22(39)15(35)12(18)32/h5-24,26-39H,2-4H2,1H3. The Morgan fingerprint density at radius 1 is 0.600 bits per heavy atom. The quantitative estimate of drug-likeness (QED) is 0.102. The Hall–Kier alpha value is -0.800. The minimum atomic E-state index is -1.94. The Morgan fingerprint density at radius 2 is 1.11 bits per heavy atom. The highest BCUT2D eigenvalue weighted by Crippen LogP contribution is 2.48. The van der Waals surface area contributed by atoms with E-state index in [1.807, 2.05) is 0 Å². The summed E-state index contributed by atoms with van der Waals surface area (Å²) in [6.45, 7) is -0.809. The second-order valence-electron chi connectivity index (χ2n) is 12.1. The van der Waals surface area contributed by atoms with Crippen LogP contribution in [0.1, 0.15) is 6.92 Å². The molecule has 1 aliphatic carbocycles. The van der Waals surface area contributed by atoms with Crippen molar-refractivity contribution in [1.29, 1.82) is 0 Å². The zero-order chi connectivity index (χ0) is 33.1. The van der Waals surface area contributed by atoms with Crippen LogP contribution in [0.15, 0.2) is 0 Å². The highest BCUT2D eigenvalue weighted by atomic mass is 16.7. The van der Waals surface area contributed by atoms with Crippen molar-refractivity contribution >= 4 is 0 Å². The normalized spacial score (nSPS) is 56.9. The Bertz CT molecular complexity index is 996. The van der Waals surface area contributed by atoms with Gasteiger partial charge in [-0.25, -0.2) is 0 Å². The molecule has 5 rings (SSSR count). The van der Waals surface area contributed by atoms with Crippen LogP contribution >= 0.6 is 0 Å². The van der Waals surface area contributed by atoms with Crippen LogP contribution in [-0.2, 0) is 28.4 Å². The molecule has 0 aromatic carbocycles.